The molecular weight excluding hydrogens is 485 g/mol. The van der Waals surface area contributed by atoms with Gasteiger partial charge < -0.3 is 19.6 Å². The van der Waals surface area contributed by atoms with Gasteiger partial charge in [0.15, 0.2) is 5.60 Å². The predicted molar refractivity (Wildman–Crippen MR) is 143 cm³/mol. The summed E-state index contributed by atoms with van der Waals surface area (Å²) < 4.78 is 19.9. The van der Waals surface area contributed by atoms with Gasteiger partial charge in [0.1, 0.15) is 17.4 Å². The smallest absolute Gasteiger partial charge is 0.306 e. The summed E-state index contributed by atoms with van der Waals surface area (Å²) in [5.41, 5.74) is 4.38. The van der Waals surface area contributed by atoms with Crippen LogP contribution in [0.15, 0.2) is 41.6 Å². The highest BCUT2D eigenvalue weighted by molar-refractivity contribution is 5.84. The van der Waals surface area contributed by atoms with Crippen LogP contribution in [-0.2, 0) is 16.2 Å². The van der Waals surface area contributed by atoms with Gasteiger partial charge in [-0.05, 0) is 72.9 Å². The lowest BCUT2D eigenvalue weighted by atomic mass is 9.88. The first-order chi connectivity index (χ1) is 18.4. The molecule has 202 valence electrons. The summed E-state index contributed by atoms with van der Waals surface area (Å²) in [5, 5.41) is 13.7. The number of likely N-dealkylation sites (tertiary alicyclic amines) is 2. The molecule has 2 aromatic rings. The van der Waals surface area contributed by atoms with E-state index in [4.69, 9.17) is 9.57 Å². The molecule has 38 heavy (non-hydrogen) atoms. The topological polar surface area (TPSA) is 74.6 Å². The van der Waals surface area contributed by atoms with E-state index in [9.17, 15) is 14.3 Å². The molecule has 0 amide bonds. The fourth-order valence-corrected chi connectivity index (χ4v) is 6.12. The minimum Gasteiger partial charge on any atom is -0.493 e. The first kappa shape index (κ1) is 25.2. The monoisotopic (exact) mass is 521 g/mol. The molecule has 0 bridgehead atoms. The highest BCUT2D eigenvalue weighted by Gasteiger charge is 2.51. The van der Waals surface area contributed by atoms with E-state index < -0.39 is 5.97 Å². The number of carboxylic acids is 1. The van der Waals surface area contributed by atoms with Crippen LogP contribution in [-0.4, -0.2) is 65.1 Å². The number of aliphatic carboxylic acids is 1. The Hall–Kier alpha value is -3.13. The van der Waals surface area contributed by atoms with Crippen molar-refractivity contribution in [2.45, 2.75) is 63.5 Å². The number of carbonyl (C=O) groups is 1. The van der Waals surface area contributed by atoms with Gasteiger partial charge in [-0.25, -0.2) is 4.39 Å². The van der Waals surface area contributed by atoms with Crippen LogP contribution in [0.3, 0.4) is 0 Å². The maximum Gasteiger partial charge on any atom is 0.306 e. The standard InChI is InChI=1S/C30H36FN3O4/c1-2-13-37-26-15-20(14-25(21-3-4-21)28(26)22-5-7-24(31)8-6-22)17-33-18-30(19-33)16-27(32-38-30)34-11-9-23(10-12-34)29(35)36/h5-8,14-15,21,23H,2-4,9-13,16-19H2,1H3,(H,35,36). The van der Waals surface area contributed by atoms with Gasteiger partial charge in [0.05, 0.1) is 18.9 Å². The average molecular weight is 522 g/mol. The number of carboxylic acid groups (broad SMARTS) is 1. The molecule has 8 heteroatoms. The number of amidine groups is 1. The summed E-state index contributed by atoms with van der Waals surface area (Å²) in [5.74, 6) is 1.21. The molecule has 1 N–H and O–H groups in total. The Morgan fingerprint density at radius 2 is 1.89 bits per heavy atom. The number of piperidine rings is 1. The molecule has 2 aromatic carbocycles. The number of halogens is 1. The van der Waals surface area contributed by atoms with Gasteiger partial charge in [-0.2, -0.15) is 0 Å². The molecule has 0 unspecified atom stereocenters. The Balaban J connectivity index is 1.13. The number of hydrogen-bond donors (Lipinski definition) is 1. The third-order valence-electron chi connectivity index (χ3n) is 8.27. The third kappa shape index (κ3) is 5.10. The Morgan fingerprint density at radius 1 is 1.16 bits per heavy atom. The van der Waals surface area contributed by atoms with E-state index in [1.807, 2.05) is 12.1 Å². The number of ether oxygens (including phenoxy) is 1. The number of nitrogens with zero attached hydrogens (tertiary/aromatic N) is 3. The molecule has 3 heterocycles. The van der Waals surface area contributed by atoms with E-state index in [0.717, 1.165) is 68.3 Å². The Labute approximate surface area is 223 Å². The average Bonchev–Trinajstić information content (AvgIpc) is 3.66. The molecule has 2 saturated heterocycles. The summed E-state index contributed by atoms with van der Waals surface area (Å²) in [6, 6.07) is 11.2. The van der Waals surface area contributed by atoms with Crippen LogP contribution in [0.25, 0.3) is 11.1 Å². The first-order valence-corrected chi connectivity index (χ1v) is 13.9. The van der Waals surface area contributed by atoms with Crippen molar-refractivity contribution in [2.75, 3.05) is 32.8 Å². The summed E-state index contributed by atoms with van der Waals surface area (Å²) in [4.78, 5) is 21.8. The molecule has 1 saturated carbocycles. The van der Waals surface area contributed by atoms with Crippen LogP contribution in [0.4, 0.5) is 4.39 Å². The van der Waals surface area contributed by atoms with E-state index in [-0.39, 0.29) is 17.3 Å². The minimum absolute atomic E-state index is 0.230. The van der Waals surface area contributed by atoms with Crippen molar-refractivity contribution in [1.29, 1.82) is 0 Å². The highest BCUT2D eigenvalue weighted by atomic mass is 19.1. The van der Waals surface area contributed by atoms with Gasteiger partial charge in [0, 0.05) is 38.3 Å². The predicted octanol–water partition coefficient (Wildman–Crippen LogP) is 5.24. The van der Waals surface area contributed by atoms with Gasteiger partial charge in [0.25, 0.3) is 0 Å². The largest absolute Gasteiger partial charge is 0.493 e. The molecule has 4 aliphatic rings. The van der Waals surface area contributed by atoms with E-state index in [1.165, 1.54) is 36.1 Å². The van der Waals surface area contributed by atoms with Gasteiger partial charge >= 0.3 is 5.97 Å². The zero-order valence-corrected chi connectivity index (χ0v) is 22.0. The minimum atomic E-state index is -0.695. The van der Waals surface area contributed by atoms with Crippen molar-refractivity contribution in [3.8, 4) is 16.9 Å². The number of hydrogen-bond acceptors (Lipinski definition) is 6. The van der Waals surface area contributed by atoms with E-state index in [1.54, 1.807) is 0 Å². The second-order valence-corrected chi connectivity index (χ2v) is 11.4. The molecular formula is C30H36FN3O4. The number of oxime groups is 1. The number of benzene rings is 2. The van der Waals surface area contributed by atoms with Crippen molar-refractivity contribution >= 4 is 11.8 Å². The van der Waals surface area contributed by atoms with E-state index in [2.05, 4.69) is 34.0 Å². The van der Waals surface area contributed by atoms with Crippen molar-refractivity contribution in [1.82, 2.24) is 9.80 Å². The van der Waals surface area contributed by atoms with Gasteiger partial charge in [0.2, 0.25) is 0 Å². The van der Waals surface area contributed by atoms with Crippen LogP contribution in [0.5, 0.6) is 5.75 Å². The van der Waals surface area contributed by atoms with Gasteiger partial charge in [-0.1, -0.05) is 30.3 Å². The van der Waals surface area contributed by atoms with Crippen molar-refractivity contribution in [3.63, 3.8) is 0 Å². The first-order valence-electron chi connectivity index (χ1n) is 13.9. The van der Waals surface area contributed by atoms with E-state index in [0.29, 0.717) is 25.4 Å². The normalized spacial score (nSPS) is 21.2. The maximum absolute atomic E-state index is 13.7. The molecule has 1 spiro atoms. The second-order valence-electron chi connectivity index (χ2n) is 11.4. The second kappa shape index (κ2) is 10.2. The molecule has 1 aliphatic carbocycles. The van der Waals surface area contributed by atoms with Crippen molar-refractivity contribution < 1.29 is 23.9 Å². The zero-order valence-electron chi connectivity index (χ0n) is 22.0. The Kier molecular flexibility index (Phi) is 6.76. The molecule has 7 nitrogen and oxygen atoms in total. The van der Waals surface area contributed by atoms with Crippen LogP contribution >= 0.6 is 0 Å². The van der Waals surface area contributed by atoms with Crippen LogP contribution in [0.2, 0.25) is 0 Å². The summed E-state index contributed by atoms with van der Waals surface area (Å²) in [6.07, 6.45) is 5.38. The lowest BCUT2D eigenvalue weighted by molar-refractivity contribution is -0.143. The van der Waals surface area contributed by atoms with Crippen molar-refractivity contribution in [2.24, 2.45) is 11.1 Å². The van der Waals surface area contributed by atoms with Gasteiger partial charge in [-0.3, -0.25) is 9.69 Å². The molecule has 0 radical (unpaired) electrons. The van der Waals surface area contributed by atoms with E-state index >= 15 is 0 Å². The highest BCUT2D eigenvalue weighted by Crippen LogP contribution is 2.48. The molecule has 0 atom stereocenters. The number of rotatable bonds is 8. The molecule has 0 aromatic heterocycles. The molecule has 3 fully saturated rings. The fraction of sp³-hybridized carbons (Fsp3) is 0.533. The SMILES string of the molecule is CCCOc1cc(CN2CC3(CC(N4CCC(C(=O)O)CC4)=NO3)C2)cc(C2CC2)c1-c1ccc(F)cc1. The lowest BCUT2D eigenvalue weighted by Crippen LogP contribution is -2.61. The lowest BCUT2D eigenvalue weighted by Gasteiger charge is -2.45. The fourth-order valence-electron chi connectivity index (χ4n) is 6.12. The molecule has 3 aliphatic heterocycles. The summed E-state index contributed by atoms with van der Waals surface area (Å²) >= 11 is 0. The summed E-state index contributed by atoms with van der Waals surface area (Å²) in [6.45, 7) is 6.65. The Bertz CT molecular complexity index is 1210. The van der Waals surface area contributed by atoms with Crippen molar-refractivity contribution in [3.05, 3.63) is 53.3 Å². The summed E-state index contributed by atoms with van der Waals surface area (Å²) in [7, 11) is 0. The quantitative estimate of drug-likeness (QED) is 0.512. The van der Waals surface area contributed by atoms with Gasteiger partial charge in [-0.15, -0.1) is 0 Å². The van der Waals surface area contributed by atoms with Crippen LogP contribution in [0, 0.1) is 11.7 Å². The molecule has 6 rings (SSSR count). The van der Waals surface area contributed by atoms with Crippen LogP contribution in [0.1, 0.15) is 62.5 Å². The van der Waals surface area contributed by atoms with Crippen LogP contribution < -0.4 is 4.74 Å². The zero-order chi connectivity index (χ0) is 26.3. The third-order valence-corrected chi connectivity index (χ3v) is 8.27. The maximum atomic E-state index is 13.7. The Morgan fingerprint density at radius 3 is 2.55 bits per heavy atom.